The maximum atomic E-state index is 12.3. The van der Waals surface area contributed by atoms with Crippen LogP contribution < -0.4 is 5.32 Å². The predicted octanol–water partition coefficient (Wildman–Crippen LogP) is 3.25. The number of nitrogens with zero attached hydrogens (tertiary/aromatic N) is 1. The molecule has 0 unspecified atom stereocenters. The van der Waals surface area contributed by atoms with Gasteiger partial charge in [0.2, 0.25) is 0 Å². The average Bonchev–Trinajstić information content (AvgIpc) is 2.82. The number of carbonyl (C=O) groups excluding carboxylic acids is 1. The first kappa shape index (κ1) is 16.3. The van der Waals surface area contributed by atoms with Crippen molar-refractivity contribution in [3.63, 3.8) is 0 Å². The fraction of sp³-hybridized carbons (Fsp3) is 0.389. The lowest BCUT2D eigenvalue weighted by Gasteiger charge is -2.10. The van der Waals surface area contributed by atoms with E-state index >= 15 is 0 Å². The zero-order valence-electron chi connectivity index (χ0n) is 13.6. The molecule has 0 bridgehead atoms. The molecule has 0 radical (unpaired) electrons. The van der Waals surface area contributed by atoms with Gasteiger partial charge in [-0.2, -0.15) is 0 Å². The van der Waals surface area contributed by atoms with Gasteiger partial charge in [0.15, 0.2) is 0 Å². The van der Waals surface area contributed by atoms with E-state index in [-0.39, 0.29) is 5.91 Å². The number of nitrogens with one attached hydrogen (secondary N) is 1. The molecule has 0 saturated carbocycles. The van der Waals surface area contributed by atoms with E-state index in [0.717, 1.165) is 29.1 Å². The monoisotopic (exact) mass is 300 g/mol. The van der Waals surface area contributed by atoms with Crippen LogP contribution in [0.1, 0.15) is 35.1 Å². The number of amides is 1. The molecule has 1 N–H and O–H groups in total. The summed E-state index contributed by atoms with van der Waals surface area (Å²) in [7, 11) is 0. The van der Waals surface area contributed by atoms with Crippen molar-refractivity contribution < 1.29 is 9.53 Å². The van der Waals surface area contributed by atoms with Gasteiger partial charge in [0.05, 0.1) is 5.56 Å². The largest absolute Gasteiger partial charge is 0.382 e. The Morgan fingerprint density at radius 3 is 2.64 bits per heavy atom. The average molecular weight is 300 g/mol. The van der Waals surface area contributed by atoms with Crippen LogP contribution in [0.15, 0.2) is 36.4 Å². The molecule has 1 heterocycles. The minimum Gasteiger partial charge on any atom is -0.382 e. The molecule has 1 aromatic heterocycles. The Kier molecular flexibility index (Phi) is 5.78. The topological polar surface area (TPSA) is 43.3 Å². The lowest BCUT2D eigenvalue weighted by atomic mass is 10.2. The summed E-state index contributed by atoms with van der Waals surface area (Å²) in [4.78, 5) is 12.3. The van der Waals surface area contributed by atoms with Crippen molar-refractivity contribution in [2.75, 3.05) is 19.8 Å². The highest BCUT2D eigenvalue weighted by Gasteiger charge is 2.16. The van der Waals surface area contributed by atoms with Crippen LogP contribution in [0.2, 0.25) is 0 Å². The molecule has 0 aliphatic heterocycles. The lowest BCUT2D eigenvalue weighted by molar-refractivity contribution is 0.0943. The van der Waals surface area contributed by atoms with Crippen molar-refractivity contribution in [1.29, 1.82) is 0 Å². The third-order valence-corrected chi connectivity index (χ3v) is 3.65. The smallest absolute Gasteiger partial charge is 0.253 e. The molecule has 1 aromatic carbocycles. The first-order valence-corrected chi connectivity index (χ1v) is 7.75. The second-order valence-corrected chi connectivity index (χ2v) is 5.26. The van der Waals surface area contributed by atoms with Gasteiger partial charge in [-0.15, -0.1) is 0 Å². The Morgan fingerprint density at radius 2 is 1.95 bits per heavy atom. The minimum absolute atomic E-state index is 0.0215. The number of carbonyl (C=O) groups is 1. The molecule has 0 spiro atoms. The summed E-state index contributed by atoms with van der Waals surface area (Å²) in [6.45, 7) is 8.00. The summed E-state index contributed by atoms with van der Waals surface area (Å²) in [5.41, 5.74) is 3.83. The van der Waals surface area contributed by atoms with Crippen LogP contribution in [0, 0.1) is 13.8 Å². The Morgan fingerprint density at radius 1 is 1.23 bits per heavy atom. The van der Waals surface area contributed by atoms with Crippen LogP contribution in [0.5, 0.6) is 0 Å². The molecular formula is C18H24N2O2. The SMILES string of the molecule is CCOCCCNC(=O)c1cc(C)n(-c2ccccc2)c1C. The van der Waals surface area contributed by atoms with Crippen molar-refractivity contribution in [3.05, 3.63) is 53.3 Å². The molecule has 0 aliphatic carbocycles. The number of benzene rings is 1. The molecule has 4 heteroatoms. The molecule has 1 amide bonds. The molecule has 22 heavy (non-hydrogen) atoms. The molecule has 118 valence electrons. The van der Waals surface area contributed by atoms with E-state index in [0.29, 0.717) is 19.8 Å². The van der Waals surface area contributed by atoms with E-state index in [2.05, 4.69) is 9.88 Å². The molecule has 2 rings (SSSR count). The Hall–Kier alpha value is -2.07. The van der Waals surface area contributed by atoms with E-state index in [1.54, 1.807) is 0 Å². The van der Waals surface area contributed by atoms with Crippen molar-refractivity contribution >= 4 is 5.91 Å². The summed E-state index contributed by atoms with van der Waals surface area (Å²) in [5, 5.41) is 2.96. The van der Waals surface area contributed by atoms with Crippen LogP contribution in [0.4, 0.5) is 0 Å². The van der Waals surface area contributed by atoms with Crippen LogP contribution in [-0.4, -0.2) is 30.2 Å². The fourth-order valence-corrected chi connectivity index (χ4v) is 2.58. The zero-order valence-corrected chi connectivity index (χ0v) is 13.6. The second-order valence-electron chi connectivity index (χ2n) is 5.26. The van der Waals surface area contributed by atoms with Crippen LogP contribution >= 0.6 is 0 Å². The van der Waals surface area contributed by atoms with Gasteiger partial charge in [0, 0.05) is 36.8 Å². The van der Waals surface area contributed by atoms with Crippen molar-refractivity contribution in [2.45, 2.75) is 27.2 Å². The normalized spacial score (nSPS) is 10.7. The number of aromatic nitrogens is 1. The number of hydrogen-bond donors (Lipinski definition) is 1. The fourth-order valence-electron chi connectivity index (χ4n) is 2.58. The van der Waals surface area contributed by atoms with Crippen molar-refractivity contribution in [2.24, 2.45) is 0 Å². The summed E-state index contributed by atoms with van der Waals surface area (Å²) in [6.07, 6.45) is 0.830. The quantitative estimate of drug-likeness (QED) is 0.798. The van der Waals surface area contributed by atoms with E-state index < -0.39 is 0 Å². The summed E-state index contributed by atoms with van der Waals surface area (Å²) >= 11 is 0. The highest BCUT2D eigenvalue weighted by Crippen LogP contribution is 2.20. The van der Waals surface area contributed by atoms with Crippen molar-refractivity contribution in [1.82, 2.24) is 9.88 Å². The van der Waals surface area contributed by atoms with Gasteiger partial charge in [-0.1, -0.05) is 18.2 Å². The second kappa shape index (κ2) is 7.80. The standard InChI is InChI=1S/C18H24N2O2/c1-4-22-12-8-11-19-18(21)17-13-14(2)20(15(17)3)16-9-6-5-7-10-16/h5-7,9-10,13H,4,8,11-12H2,1-3H3,(H,19,21). The Bertz CT molecular complexity index is 618. The van der Waals surface area contributed by atoms with E-state index in [1.165, 1.54) is 0 Å². The maximum Gasteiger partial charge on any atom is 0.253 e. The van der Waals surface area contributed by atoms with Gasteiger partial charge in [0.1, 0.15) is 0 Å². The molecule has 4 nitrogen and oxygen atoms in total. The Balaban J connectivity index is 2.08. The molecule has 0 aliphatic rings. The van der Waals surface area contributed by atoms with Crippen molar-refractivity contribution in [3.8, 4) is 5.69 Å². The van der Waals surface area contributed by atoms with Gasteiger partial charge in [0.25, 0.3) is 5.91 Å². The van der Waals surface area contributed by atoms with Gasteiger partial charge in [-0.05, 0) is 45.4 Å². The molecule has 0 saturated heterocycles. The highest BCUT2D eigenvalue weighted by molar-refractivity contribution is 5.95. The molecular weight excluding hydrogens is 276 g/mol. The molecule has 0 fully saturated rings. The number of hydrogen-bond acceptors (Lipinski definition) is 2. The summed E-state index contributed by atoms with van der Waals surface area (Å²) < 4.78 is 7.38. The van der Waals surface area contributed by atoms with Crippen LogP contribution in [0.25, 0.3) is 5.69 Å². The Labute approximate surface area is 132 Å². The third-order valence-electron chi connectivity index (χ3n) is 3.65. The van der Waals surface area contributed by atoms with E-state index in [1.807, 2.05) is 57.2 Å². The predicted molar refractivity (Wildman–Crippen MR) is 88.7 cm³/mol. The van der Waals surface area contributed by atoms with E-state index in [4.69, 9.17) is 4.74 Å². The van der Waals surface area contributed by atoms with Gasteiger partial charge in [-0.3, -0.25) is 4.79 Å². The number of rotatable bonds is 7. The third kappa shape index (κ3) is 3.77. The van der Waals surface area contributed by atoms with Gasteiger partial charge in [-0.25, -0.2) is 0 Å². The van der Waals surface area contributed by atoms with Crippen LogP contribution in [0.3, 0.4) is 0 Å². The van der Waals surface area contributed by atoms with Gasteiger partial charge < -0.3 is 14.6 Å². The number of aryl methyl sites for hydroxylation is 1. The summed E-state index contributed by atoms with van der Waals surface area (Å²) in [5.74, 6) is -0.0215. The summed E-state index contributed by atoms with van der Waals surface area (Å²) in [6, 6.07) is 12.0. The molecule has 0 atom stereocenters. The highest BCUT2D eigenvalue weighted by atomic mass is 16.5. The van der Waals surface area contributed by atoms with Crippen LogP contribution in [-0.2, 0) is 4.74 Å². The number of para-hydroxylation sites is 1. The maximum absolute atomic E-state index is 12.3. The first-order chi connectivity index (χ1) is 10.6. The van der Waals surface area contributed by atoms with Gasteiger partial charge >= 0.3 is 0 Å². The lowest BCUT2D eigenvalue weighted by Crippen LogP contribution is -2.25. The number of ether oxygens (including phenoxy) is 1. The first-order valence-electron chi connectivity index (χ1n) is 7.75. The van der Waals surface area contributed by atoms with E-state index in [9.17, 15) is 4.79 Å². The zero-order chi connectivity index (χ0) is 15.9. The molecule has 2 aromatic rings. The minimum atomic E-state index is -0.0215.